The zero-order valence-electron chi connectivity index (χ0n) is 1.72. The molecular formula is CHClORu. The van der Waals surface area contributed by atoms with E-state index >= 15 is 0 Å². The molecule has 0 bridgehead atoms. The van der Waals surface area contributed by atoms with E-state index < -0.39 is 0 Å². The van der Waals surface area contributed by atoms with Crippen LogP contribution >= 0.6 is 11.6 Å². The van der Waals surface area contributed by atoms with Gasteiger partial charge >= 0.3 is 0 Å². The maximum absolute atomic E-state index is 8.57. The van der Waals surface area contributed by atoms with Gasteiger partial charge in [0.25, 0.3) is 0 Å². The van der Waals surface area contributed by atoms with Gasteiger partial charge < -0.3 is 0 Å². The Bertz CT molecular complexity index is 15.5. The number of hydrogen-bond donors (Lipinski definition) is 0. The van der Waals surface area contributed by atoms with Gasteiger partial charge in [0.15, 0.2) is 0 Å². The minimum absolute atomic E-state index is 0. The van der Waals surface area contributed by atoms with Gasteiger partial charge in [-0.25, -0.2) is 0 Å². The van der Waals surface area contributed by atoms with E-state index in [0.29, 0.717) is 0 Å². The Morgan fingerprint density at radius 3 is 1.75 bits per heavy atom. The molecule has 0 atom stereocenters. The molecule has 0 rings (SSSR count). The standard InChI is InChI=1S/CHClO.Ru/c2-1-3;/h1H;. The molecule has 0 saturated carbocycles. The first-order chi connectivity index (χ1) is 1.41. The Labute approximate surface area is 42.1 Å². The third-order valence-electron chi connectivity index (χ3n) is 0. The maximum atomic E-state index is 8.57. The van der Waals surface area contributed by atoms with Crippen molar-refractivity contribution in [1.29, 1.82) is 0 Å². The number of carbonyl (C=O) groups excluding carboxylic acids is 1. The van der Waals surface area contributed by atoms with Crippen LogP contribution in [0.3, 0.4) is 0 Å². The van der Waals surface area contributed by atoms with Gasteiger partial charge in [0.1, 0.15) is 0 Å². The van der Waals surface area contributed by atoms with Crippen molar-refractivity contribution in [3.63, 3.8) is 0 Å². The van der Waals surface area contributed by atoms with Crippen LogP contribution in [0, 0.1) is 0 Å². The summed E-state index contributed by atoms with van der Waals surface area (Å²) in [5.74, 6) is 0.222. The van der Waals surface area contributed by atoms with E-state index in [9.17, 15) is 0 Å². The average molecular weight is 166 g/mol. The molecular weight excluding hydrogens is 165 g/mol. The van der Waals surface area contributed by atoms with Crippen LogP contribution in [-0.4, -0.2) is 5.75 Å². The molecule has 0 aliphatic heterocycles. The molecule has 4 heavy (non-hydrogen) atoms. The van der Waals surface area contributed by atoms with Crippen LogP contribution < -0.4 is 0 Å². The first kappa shape index (κ1) is 8.82. The Morgan fingerprint density at radius 2 is 1.75 bits per heavy atom. The van der Waals surface area contributed by atoms with Gasteiger partial charge in [-0.05, 0) is 11.6 Å². The molecule has 26 valence electrons. The van der Waals surface area contributed by atoms with E-state index in [1.54, 1.807) is 0 Å². The molecule has 0 saturated heterocycles. The molecule has 1 nitrogen and oxygen atoms in total. The number of hydrogen-bond acceptors (Lipinski definition) is 1. The summed E-state index contributed by atoms with van der Waals surface area (Å²) >= 11 is 4.32. The van der Waals surface area contributed by atoms with E-state index in [1.807, 2.05) is 0 Å². The molecule has 0 aliphatic carbocycles. The first-order valence-corrected chi connectivity index (χ1v) is 0.890. The summed E-state index contributed by atoms with van der Waals surface area (Å²) in [6.45, 7) is 0. The molecule has 0 spiro atoms. The van der Waals surface area contributed by atoms with E-state index in [1.165, 1.54) is 0 Å². The number of carbonyl (C=O) groups is 1. The summed E-state index contributed by atoms with van der Waals surface area (Å²) in [4.78, 5) is 8.57. The van der Waals surface area contributed by atoms with Crippen LogP contribution in [0.1, 0.15) is 0 Å². The summed E-state index contributed by atoms with van der Waals surface area (Å²) < 4.78 is 0. The number of rotatable bonds is 0. The molecule has 0 unspecified atom stereocenters. The van der Waals surface area contributed by atoms with Crippen LogP contribution in [0.5, 0.6) is 0 Å². The molecule has 0 N–H and O–H groups in total. The minimum atomic E-state index is 0. The molecule has 0 heterocycles. The summed E-state index contributed by atoms with van der Waals surface area (Å²) in [7, 11) is 0. The van der Waals surface area contributed by atoms with Crippen molar-refractivity contribution in [1.82, 2.24) is 0 Å². The third-order valence-corrected chi connectivity index (χ3v) is 0. The third kappa shape index (κ3) is 19.0. The van der Waals surface area contributed by atoms with Gasteiger partial charge in [-0.3, -0.25) is 4.79 Å². The normalized spacial score (nSPS) is 3.25. The zero-order chi connectivity index (χ0) is 2.71. The van der Waals surface area contributed by atoms with E-state index in [2.05, 4.69) is 11.6 Å². The fourth-order valence-electron chi connectivity index (χ4n) is 0. The summed E-state index contributed by atoms with van der Waals surface area (Å²) in [6, 6.07) is 0. The fourth-order valence-corrected chi connectivity index (χ4v) is 0. The Kier molecular flexibility index (Phi) is 21.0. The van der Waals surface area contributed by atoms with E-state index in [0.717, 1.165) is 0 Å². The van der Waals surface area contributed by atoms with E-state index in [-0.39, 0.29) is 25.2 Å². The molecule has 0 aromatic rings. The Balaban J connectivity index is 0. The molecule has 0 aromatic heterocycles. The Hall–Kier alpha value is 0.583. The number of halogens is 1. The minimum Gasteiger partial charge on any atom is -0.285 e. The summed E-state index contributed by atoms with van der Waals surface area (Å²) in [6.07, 6.45) is 0. The predicted octanol–water partition coefficient (Wildman–Crippen LogP) is 0.413. The second-order valence-corrected chi connectivity index (χ2v) is 0.267. The van der Waals surface area contributed by atoms with Gasteiger partial charge in [0.05, 0.1) is 0 Å². The quantitative estimate of drug-likeness (QED) is 0.289. The summed E-state index contributed by atoms with van der Waals surface area (Å²) in [5.41, 5.74) is 0. The van der Waals surface area contributed by atoms with Crippen molar-refractivity contribution in [2.24, 2.45) is 0 Å². The first-order valence-electron chi connectivity index (χ1n) is 0.454. The van der Waals surface area contributed by atoms with Gasteiger partial charge in [-0.1, -0.05) is 0 Å². The van der Waals surface area contributed by atoms with Crippen LogP contribution in [0.15, 0.2) is 0 Å². The van der Waals surface area contributed by atoms with Crippen LogP contribution in [0.25, 0.3) is 0 Å². The molecule has 0 amide bonds. The molecule has 3 heteroatoms. The second kappa shape index (κ2) is 9.54. The van der Waals surface area contributed by atoms with Crippen LogP contribution in [-0.2, 0) is 24.3 Å². The predicted molar refractivity (Wildman–Crippen MR) is 12.6 cm³/mol. The van der Waals surface area contributed by atoms with Gasteiger partial charge in [-0.15, -0.1) is 0 Å². The second-order valence-electron chi connectivity index (χ2n) is 0.0891. The van der Waals surface area contributed by atoms with Crippen molar-refractivity contribution in [2.45, 2.75) is 0 Å². The van der Waals surface area contributed by atoms with E-state index in [4.69, 9.17) is 4.79 Å². The van der Waals surface area contributed by atoms with Crippen molar-refractivity contribution in [3.8, 4) is 0 Å². The van der Waals surface area contributed by atoms with Crippen LogP contribution in [0.4, 0.5) is 0 Å². The summed E-state index contributed by atoms with van der Waals surface area (Å²) in [5, 5.41) is 0. The van der Waals surface area contributed by atoms with Crippen molar-refractivity contribution < 1.29 is 24.3 Å². The largest absolute Gasteiger partial charge is 0.285 e. The molecule has 0 aliphatic rings. The zero-order valence-corrected chi connectivity index (χ0v) is 4.21. The molecule has 0 fully saturated rings. The molecule has 0 radical (unpaired) electrons. The monoisotopic (exact) mass is 166 g/mol. The van der Waals surface area contributed by atoms with Gasteiger partial charge in [-0.2, -0.15) is 0 Å². The van der Waals surface area contributed by atoms with Gasteiger partial charge in [0.2, 0.25) is 5.75 Å². The van der Waals surface area contributed by atoms with Crippen molar-refractivity contribution >= 4 is 17.3 Å². The van der Waals surface area contributed by atoms with Crippen LogP contribution in [0.2, 0.25) is 0 Å². The molecule has 0 aromatic carbocycles. The average Bonchev–Trinajstić information content (AvgIpc) is 0.918. The van der Waals surface area contributed by atoms with Crippen molar-refractivity contribution in [3.05, 3.63) is 0 Å². The topological polar surface area (TPSA) is 17.1 Å². The smallest absolute Gasteiger partial charge is 0.208 e. The fraction of sp³-hybridized carbons (Fsp3) is 0. The Morgan fingerprint density at radius 1 is 1.75 bits per heavy atom. The maximum Gasteiger partial charge on any atom is 0.208 e. The van der Waals surface area contributed by atoms with Gasteiger partial charge in [0, 0.05) is 19.5 Å². The van der Waals surface area contributed by atoms with Crippen molar-refractivity contribution in [2.75, 3.05) is 0 Å². The SMILES string of the molecule is O=CCl.[Ru].